The average molecular weight is 187 g/mol. The third-order valence-corrected chi connectivity index (χ3v) is 2.99. The van der Waals surface area contributed by atoms with Crippen LogP contribution in [-0.2, 0) is 9.47 Å². The van der Waals surface area contributed by atoms with E-state index in [-0.39, 0.29) is 6.29 Å². The third-order valence-electron chi connectivity index (χ3n) is 2.99. The highest BCUT2D eigenvalue weighted by Gasteiger charge is 2.24. The van der Waals surface area contributed by atoms with Gasteiger partial charge in [-0.1, -0.05) is 12.8 Å². The zero-order valence-electron chi connectivity index (χ0n) is 8.66. The largest absolute Gasteiger partial charge is 0.356 e. The summed E-state index contributed by atoms with van der Waals surface area (Å²) in [6, 6.07) is 0.349. The Morgan fingerprint density at radius 1 is 1.23 bits per heavy atom. The van der Waals surface area contributed by atoms with E-state index in [0.717, 1.165) is 12.8 Å². The molecule has 0 aromatic carbocycles. The molecule has 0 saturated heterocycles. The predicted octanol–water partition coefficient (Wildman–Crippen LogP) is 1.51. The van der Waals surface area contributed by atoms with E-state index >= 15 is 0 Å². The van der Waals surface area contributed by atoms with Crippen molar-refractivity contribution in [2.24, 2.45) is 11.7 Å². The van der Waals surface area contributed by atoms with Crippen LogP contribution in [0, 0.1) is 5.92 Å². The van der Waals surface area contributed by atoms with Crippen molar-refractivity contribution in [2.75, 3.05) is 14.2 Å². The van der Waals surface area contributed by atoms with Crippen LogP contribution in [0.3, 0.4) is 0 Å². The van der Waals surface area contributed by atoms with Crippen LogP contribution in [0.2, 0.25) is 0 Å². The lowest BCUT2D eigenvalue weighted by Crippen LogP contribution is -2.35. The van der Waals surface area contributed by atoms with Crippen molar-refractivity contribution >= 4 is 0 Å². The third kappa shape index (κ3) is 3.25. The summed E-state index contributed by atoms with van der Waals surface area (Å²) >= 11 is 0. The Bertz CT molecular complexity index is 137. The number of ether oxygens (including phenoxy) is 2. The summed E-state index contributed by atoms with van der Waals surface area (Å²) in [4.78, 5) is 0. The highest BCUT2D eigenvalue weighted by Crippen LogP contribution is 2.27. The zero-order chi connectivity index (χ0) is 9.68. The SMILES string of the molecule is COC(CC1CCCCC1N)OC. The summed E-state index contributed by atoms with van der Waals surface area (Å²) in [6.07, 6.45) is 5.83. The van der Waals surface area contributed by atoms with Gasteiger partial charge in [-0.3, -0.25) is 0 Å². The molecule has 3 nitrogen and oxygen atoms in total. The number of nitrogens with two attached hydrogens (primary N) is 1. The molecule has 1 fully saturated rings. The number of hydrogen-bond acceptors (Lipinski definition) is 3. The first-order valence-electron chi connectivity index (χ1n) is 5.09. The molecular formula is C10H21NO2. The lowest BCUT2D eigenvalue weighted by Gasteiger charge is -2.30. The molecule has 0 aliphatic heterocycles. The summed E-state index contributed by atoms with van der Waals surface area (Å²) in [5, 5.41) is 0. The van der Waals surface area contributed by atoms with Crippen molar-refractivity contribution in [1.82, 2.24) is 0 Å². The van der Waals surface area contributed by atoms with Gasteiger partial charge in [-0.25, -0.2) is 0 Å². The standard InChI is InChI=1S/C10H21NO2/c1-12-10(13-2)7-8-5-3-4-6-9(8)11/h8-10H,3-7,11H2,1-2H3. The Morgan fingerprint density at radius 3 is 2.38 bits per heavy atom. The fourth-order valence-electron chi connectivity index (χ4n) is 2.06. The van der Waals surface area contributed by atoms with Crippen molar-refractivity contribution in [3.8, 4) is 0 Å². The average Bonchev–Trinajstić information content (AvgIpc) is 2.17. The molecule has 1 aliphatic carbocycles. The van der Waals surface area contributed by atoms with Crippen LogP contribution in [0.4, 0.5) is 0 Å². The van der Waals surface area contributed by atoms with Crippen molar-refractivity contribution in [1.29, 1.82) is 0 Å². The molecule has 0 radical (unpaired) electrons. The molecule has 2 atom stereocenters. The molecule has 78 valence electrons. The van der Waals surface area contributed by atoms with Gasteiger partial charge in [-0.05, 0) is 18.8 Å². The smallest absolute Gasteiger partial charge is 0.157 e. The first-order valence-corrected chi connectivity index (χ1v) is 5.09. The van der Waals surface area contributed by atoms with Crippen LogP contribution >= 0.6 is 0 Å². The van der Waals surface area contributed by atoms with Crippen molar-refractivity contribution in [3.05, 3.63) is 0 Å². The minimum Gasteiger partial charge on any atom is -0.356 e. The van der Waals surface area contributed by atoms with E-state index in [1.807, 2.05) is 0 Å². The van der Waals surface area contributed by atoms with Crippen LogP contribution < -0.4 is 5.73 Å². The van der Waals surface area contributed by atoms with Gasteiger partial charge in [0.25, 0.3) is 0 Å². The zero-order valence-corrected chi connectivity index (χ0v) is 8.66. The molecule has 3 heteroatoms. The van der Waals surface area contributed by atoms with Gasteiger partial charge in [0.1, 0.15) is 0 Å². The molecule has 1 rings (SSSR count). The molecule has 1 aliphatic rings. The van der Waals surface area contributed by atoms with Gasteiger partial charge in [0.2, 0.25) is 0 Å². The maximum atomic E-state index is 6.03. The summed E-state index contributed by atoms with van der Waals surface area (Å²) in [7, 11) is 3.37. The van der Waals surface area contributed by atoms with Gasteiger partial charge in [0, 0.05) is 26.7 Å². The van der Waals surface area contributed by atoms with Gasteiger partial charge in [0.05, 0.1) is 0 Å². The van der Waals surface area contributed by atoms with Crippen molar-refractivity contribution in [2.45, 2.75) is 44.4 Å². The molecule has 0 aromatic heterocycles. The second kappa shape index (κ2) is 5.58. The molecule has 0 heterocycles. The van der Waals surface area contributed by atoms with Crippen molar-refractivity contribution in [3.63, 3.8) is 0 Å². The summed E-state index contributed by atoms with van der Waals surface area (Å²) in [5.41, 5.74) is 6.03. The van der Waals surface area contributed by atoms with E-state index in [1.54, 1.807) is 14.2 Å². The van der Waals surface area contributed by atoms with Gasteiger partial charge in [-0.2, -0.15) is 0 Å². The monoisotopic (exact) mass is 187 g/mol. The second-order valence-corrected chi connectivity index (χ2v) is 3.85. The van der Waals surface area contributed by atoms with E-state index in [1.165, 1.54) is 19.3 Å². The predicted molar refractivity (Wildman–Crippen MR) is 52.4 cm³/mol. The van der Waals surface area contributed by atoms with Crippen LogP contribution in [0.15, 0.2) is 0 Å². The van der Waals surface area contributed by atoms with Gasteiger partial charge in [-0.15, -0.1) is 0 Å². The first-order chi connectivity index (χ1) is 6.27. The van der Waals surface area contributed by atoms with Gasteiger partial charge in [0.15, 0.2) is 6.29 Å². The quantitative estimate of drug-likeness (QED) is 0.678. The molecule has 2 N–H and O–H groups in total. The molecule has 0 spiro atoms. The Kier molecular flexibility index (Phi) is 4.70. The number of methoxy groups -OCH3 is 2. The van der Waals surface area contributed by atoms with Crippen LogP contribution in [0.25, 0.3) is 0 Å². The molecule has 13 heavy (non-hydrogen) atoms. The number of hydrogen-bond donors (Lipinski definition) is 1. The molecule has 0 amide bonds. The first kappa shape index (κ1) is 11.0. The maximum Gasteiger partial charge on any atom is 0.157 e. The molecule has 0 aromatic rings. The fraction of sp³-hybridized carbons (Fsp3) is 1.00. The minimum absolute atomic E-state index is 0.0749. The fourth-order valence-corrected chi connectivity index (χ4v) is 2.06. The van der Waals surface area contributed by atoms with Gasteiger partial charge >= 0.3 is 0 Å². The van der Waals surface area contributed by atoms with Crippen LogP contribution in [-0.4, -0.2) is 26.6 Å². The van der Waals surface area contributed by atoms with E-state index in [0.29, 0.717) is 12.0 Å². The van der Waals surface area contributed by atoms with Crippen LogP contribution in [0.1, 0.15) is 32.1 Å². The maximum absolute atomic E-state index is 6.03. The highest BCUT2D eigenvalue weighted by molar-refractivity contribution is 4.78. The Morgan fingerprint density at radius 2 is 1.85 bits per heavy atom. The Hall–Kier alpha value is -0.120. The molecule has 1 saturated carbocycles. The lowest BCUT2D eigenvalue weighted by atomic mass is 9.83. The normalized spacial score (nSPS) is 29.5. The van der Waals surface area contributed by atoms with Crippen molar-refractivity contribution < 1.29 is 9.47 Å². The van der Waals surface area contributed by atoms with Crippen LogP contribution in [0.5, 0.6) is 0 Å². The molecule has 2 unspecified atom stereocenters. The van der Waals surface area contributed by atoms with E-state index < -0.39 is 0 Å². The topological polar surface area (TPSA) is 44.5 Å². The van der Waals surface area contributed by atoms with E-state index in [9.17, 15) is 0 Å². The Balaban J connectivity index is 2.32. The Labute approximate surface area is 80.6 Å². The van der Waals surface area contributed by atoms with Gasteiger partial charge < -0.3 is 15.2 Å². The summed E-state index contributed by atoms with van der Waals surface area (Å²) in [5.74, 6) is 0.582. The second-order valence-electron chi connectivity index (χ2n) is 3.85. The lowest BCUT2D eigenvalue weighted by molar-refractivity contribution is -0.117. The summed E-state index contributed by atoms with van der Waals surface area (Å²) in [6.45, 7) is 0. The molecular weight excluding hydrogens is 166 g/mol. The number of rotatable bonds is 4. The molecule has 0 bridgehead atoms. The summed E-state index contributed by atoms with van der Waals surface area (Å²) < 4.78 is 10.3. The van der Waals surface area contributed by atoms with E-state index in [2.05, 4.69) is 0 Å². The minimum atomic E-state index is -0.0749. The van der Waals surface area contributed by atoms with E-state index in [4.69, 9.17) is 15.2 Å². The highest BCUT2D eigenvalue weighted by atomic mass is 16.7.